The van der Waals surface area contributed by atoms with Gasteiger partial charge in [-0.25, -0.2) is 0 Å². The molecule has 0 unspecified atom stereocenters. The van der Waals surface area contributed by atoms with E-state index < -0.39 is 0 Å². The first-order valence-electron chi connectivity index (χ1n) is 8.31. The van der Waals surface area contributed by atoms with Crippen molar-refractivity contribution in [3.8, 4) is 22.6 Å². The number of benzene rings is 1. The van der Waals surface area contributed by atoms with Crippen molar-refractivity contribution >= 4 is 27.5 Å². The Hall–Kier alpha value is -2.51. The lowest BCUT2D eigenvalue weighted by atomic mass is 10.1. The average molecular weight is 373 g/mol. The van der Waals surface area contributed by atoms with Crippen molar-refractivity contribution in [2.45, 2.75) is 0 Å². The fourth-order valence-electron chi connectivity index (χ4n) is 3.07. The molecule has 136 valence electrons. The quantitative estimate of drug-likeness (QED) is 0.699. The highest BCUT2D eigenvalue weighted by Gasteiger charge is 2.19. The van der Waals surface area contributed by atoms with Gasteiger partial charge in [-0.05, 0) is 17.7 Å². The molecule has 0 amide bonds. The van der Waals surface area contributed by atoms with Crippen LogP contribution in [0.4, 0.5) is 5.88 Å². The summed E-state index contributed by atoms with van der Waals surface area (Å²) in [5.74, 6) is 1.88. The largest absolute Gasteiger partial charge is 0.493 e. The first-order valence-corrected chi connectivity index (χ1v) is 9.19. The summed E-state index contributed by atoms with van der Waals surface area (Å²) in [6.07, 6.45) is 0. The lowest BCUT2D eigenvalue weighted by molar-refractivity contribution is 0.121. The van der Waals surface area contributed by atoms with Crippen LogP contribution in [0.5, 0.6) is 11.5 Å². The van der Waals surface area contributed by atoms with Crippen LogP contribution in [0.3, 0.4) is 0 Å². The number of fused-ring (bicyclic) bond motifs is 1. The summed E-state index contributed by atoms with van der Waals surface area (Å²) in [4.78, 5) is 14.6. The van der Waals surface area contributed by atoms with E-state index in [-0.39, 0.29) is 5.43 Å². The Morgan fingerprint density at radius 1 is 1.08 bits per heavy atom. The predicted molar refractivity (Wildman–Crippen MR) is 102 cm³/mol. The number of thiophene rings is 1. The average Bonchev–Trinajstić information content (AvgIpc) is 3.12. The summed E-state index contributed by atoms with van der Waals surface area (Å²) < 4.78 is 22.8. The second kappa shape index (κ2) is 7.01. The fraction of sp³-hybridized carbons (Fsp3) is 0.316. The van der Waals surface area contributed by atoms with Crippen LogP contribution in [0.25, 0.3) is 21.4 Å². The number of hydrogen-bond donors (Lipinski definition) is 0. The highest BCUT2D eigenvalue weighted by atomic mass is 32.1. The lowest BCUT2D eigenvalue weighted by Gasteiger charge is -2.27. The third-order valence-corrected chi connectivity index (χ3v) is 5.42. The second-order valence-electron chi connectivity index (χ2n) is 5.93. The van der Waals surface area contributed by atoms with Crippen LogP contribution >= 0.6 is 11.3 Å². The lowest BCUT2D eigenvalue weighted by Crippen LogP contribution is -2.36. The maximum atomic E-state index is 12.6. The van der Waals surface area contributed by atoms with Gasteiger partial charge in [0.15, 0.2) is 23.0 Å². The van der Waals surface area contributed by atoms with Crippen LogP contribution in [-0.4, -0.2) is 40.5 Å². The van der Waals surface area contributed by atoms with Gasteiger partial charge in [-0.15, -0.1) is 11.3 Å². The number of methoxy groups -OCH3 is 2. The molecular formula is C19H19NO5S. The molecule has 3 aromatic rings. The van der Waals surface area contributed by atoms with Crippen molar-refractivity contribution in [2.75, 3.05) is 45.4 Å². The SMILES string of the molecule is COc1ccc(-c2csc3c(=O)cc(N4CCOCC4)oc23)cc1OC. The highest BCUT2D eigenvalue weighted by molar-refractivity contribution is 7.17. The molecule has 26 heavy (non-hydrogen) atoms. The Morgan fingerprint density at radius 2 is 1.85 bits per heavy atom. The molecule has 0 spiro atoms. The second-order valence-corrected chi connectivity index (χ2v) is 6.81. The number of ether oxygens (including phenoxy) is 3. The maximum Gasteiger partial charge on any atom is 0.204 e. The third kappa shape index (κ3) is 2.93. The summed E-state index contributed by atoms with van der Waals surface area (Å²) in [6, 6.07) is 7.25. The summed E-state index contributed by atoms with van der Waals surface area (Å²) in [5, 5.41) is 1.94. The van der Waals surface area contributed by atoms with E-state index in [2.05, 4.69) is 0 Å². The summed E-state index contributed by atoms with van der Waals surface area (Å²) >= 11 is 1.39. The van der Waals surface area contributed by atoms with Crippen LogP contribution in [-0.2, 0) is 4.74 Å². The molecule has 0 atom stereocenters. The molecule has 1 aliphatic rings. The zero-order chi connectivity index (χ0) is 18.1. The zero-order valence-corrected chi connectivity index (χ0v) is 15.4. The molecule has 2 aromatic heterocycles. The van der Waals surface area contributed by atoms with Gasteiger partial charge in [0.05, 0.1) is 27.4 Å². The summed E-state index contributed by atoms with van der Waals surface area (Å²) in [7, 11) is 3.20. The van der Waals surface area contributed by atoms with Crippen LogP contribution in [0.2, 0.25) is 0 Å². The Balaban J connectivity index is 1.83. The van der Waals surface area contributed by atoms with E-state index in [4.69, 9.17) is 18.6 Å². The van der Waals surface area contributed by atoms with Crippen molar-refractivity contribution in [2.24, 2.45) is 0 Å². The summed E-state index contributed by atoms with van der Waals surface area (Å²) in [5.41, 5.74) is 2.37. The predicted octanol–water partition coefficient (Wildman–Crippen LogP) is 3.38. The monoisotopic (exact) mass is 373 g/mol. The van der Waals surface area contributed by atoms with Gasteiger partial charge in [-0.2, -0.15) is 0 Å². The molecule has 1 aliphatic heterocycles. The van der Waals surface area contributed by atoms with Crippen LogP contribution < -0.4 is 19.8 Å². The molecule has 0 N–H and O–H groups in total. The topological polar surface area (TPSA) is 61.1 Å². The van der Waals surface area contributed by atoms with Crippen LogP contribution in [0.1, 0.15) is 0 Å². The van der Waals surface area contributed by atoms with E-state index in [0.717, 1.165) is 11.1 Å². The number of morpholine rings is 1. The van der Waals surface area contributed by atoms with Crippen molar-refractivity contribution in [1.82, 2.24) is 0 Å². The molecule has 0 bridgehead atoms. The van der Waals surface area contributed by atoms with Crippen LogP contribution in [0, 0.1) is 0 Å². The van der Waals surface area contributed by atoms with Gasteiger partial charge in [0.25, 0.3) is 0 Å². The van der Waals surface area contributed by atoms with E-state index in [9.17, 15) is 4.79 Å². The molecular weight excluding hydrogens is 354 g/mol. The molecule has 3 heterocycles. The van der Waals surface area contributed by atoms with Crippen molar-refractivity contribution in [3.05, 3.63) is 39.9 Å². The maximum absolute atomic E-state index is 12.6. The van der Waals surface area contributed by atoms with E-state index in [1.165, 1.54) is 11.3 Å². The van der Waals surface area contributed by atoms with E-state index in [1.807, 2.05) is 28.5 Å². The minimum absolute atomic E-state index is 0.0236. The first kappa shape index (κ1) is 16.9. The van der Waals surface area contributed by atoms with Crippen molar-refractivity contribution < 1.29 is 18.6 Å². The number of nitrogens with zero attached hydrogens (tertiary/aromatic N) is 1. The van der Waals surface area contributed by atoms with E-state index in [0.29, 0.717) is 54.0 Å². The third-order valence-electron chi connectivity index (χ3n) is 4.45. The molecule has 7 heteroatoms. The number of anilines is 1. The van der Waals surface area contributed by atoms with Gasteiger partial charge in [-0.1, -0.05) is 6.07 Å². The zero-order valence-electron chi connectivity index (χ0n) is 14.6. The fourth-order valence-corrected chi connectivity index (χ4v) is 3.99. The molecule has 1 aromatic carbocycles. The van der Waals surface area contributed by atoms with Crippen LogP contribution in [0.15, 0.2) is 38.9 Å². The molecule has 0 aliphatic carbocycles. The minimum Gasteiger partial charge on any atom is -0.493 e. The van der Waals surface area contributed by atoms with E-state index in [1.54, 1.807) is 20.3 Å². The van der Waals surface area contributed by atoms with Crippen molar-refractivity contribution in [3.63, 3.8) is 0 Å². The standard InChI is InChI=1S/C19H19NO5S/c1-22-15-4-3-12(9-16(15)23-2)13-11-26-19-14(21)10-17(25-18(13)19)20-5-7-24-8-6-20/h3-4,9-11H,5-8H2,1-2H3. The van der Waals surface area contributed by atoms with Gasteiger partial charge >= 0.3 is 0 Å². The van der Waals surface area contributed by atoms with Gasteiger partial charge in [0.2, 0.25) is 5.43 Å². The highest BCUT2D eigenvalue weighted by Crippen LogP contribution is 2.38. The van der Waals surface area contributed by atoms with Gasteiger partial charge in [-0.3, -0.25) is 4.79 Å². The Bertz CT molecular complexity index is 987. The Labute approximate surface area is 154 Å². The van der Waals surface area contributed by atoms with Gasteiger partial charge in [0, 0.05) is 30.1 Å². The molecule has 0 radical (unpaired) electrons. The van der Waals surface area contributed by atoms with E-state index >= 15 is 0 Å². The number of hydrogen-bond acceptors (Lipinski definition) is 7. The molecule has 1 saturated heterocycles. The molecule has 4 rings (SSSR count). The molecule has 6 nitrogen and oxygen atoms in total. The molecule has 0 saturated carbocycles. The molecule has 1 fully saturated rings. The Kier molecular flexibility index (Phi) is 4.57. The summed E-state index contributed by atoms with van der Waals surface area (Å²) in [6.45, 7) is 2.69. The van der Waals surface area contributed by atoms with Crippen molar-refractivity contribution in [1.29, 1.82) is 0 Å². The minimum atomic E-state index is -0.0236. The Morgan fingerprint density at radius 3 is 2.58 bits per heavy atom. The first-order chi connectivity index (χ1) is 12.7. The normalized spacial score (nSPS) is 14.6. The van der Waals surface area contributed by atoms with Gasteiger partial charge in [0.1, 0.15) is 4.70 Å². The smallest absolute Gasteiger partial charge is 0.204 e. The number of rotatable bonds is 4. The van der Waals surface area contributed by atoms with Gasteiger partial charge < -0.3 is 23.5 Å².